The first-order chi connectivity index (χ1) is 9.58. The van der Waals surface area contributed by atoms with Gasteiger partial charge in [-0.05, 0) is 39.7 Å². The number of benzene rings is 2. The van der Waals surface area contributed by atoms with E-state index in [1.807, 2.05) is 36.4 Å². The largest absolute Gasteiger partial charge is 0.458 e. The van der Waals surface area contributed by atoms with Gasteiger partial charge in [-0.3, -0.25) is 0 Å². The molecule has 0 aliphatic heterocycles. The summed E-state index contributed by atoms with van der Waals surface area (Å²) in [6.07, 6.45) is 0. The standard InChI is InChI=1S/C15H10BrCl2NO/c16-10-5-1-3-8-7-12(20-15(8)10)14(19)9-4-2-6-11(17)13(9)18/h1-7,14H,19H2. The van der Waals surface area contributed by atoms with Crippen LogP contribution in [-0.4, -0.2) is 0 Å². The zero-order valence-corrected chi connectivity index (χ0v) is 13.3. The Bertz CT molecular complexity index is 785. The van der Waals surface area contributed by atoms with Gasteiger partial charge in [-0.1, -0.05) is 47.5 Å². The van der Waals surface area contributed by atoms with Crippen LogP contribution in [0.15, 0.2) is 51.4 Å². The number of rotatable bonds is 2. The summed E-state index contributed by atoms with van der Waals surface area (Å²) >= 11 is 15.7. The van der Waals surface area contributed by atoms with Crippen LogP contribution in [0.3, 0.4) is 0 Å². The van der Waals surface area contributed by atoms with Crippen LogP contribution in [-0.2, 0) is 0 Å². The van der Waals surface area contributed by atoms with Crippen molar-refractivity contribution in [3.8, 4) is 0 Å². The predicted molar refractivity (Wildman–Crippen MR) is 86.4 cm³/mol. The fourth-order valence-electron chi connectivity index (χ4n) is 2.11. The summed E-state index contributed by atoms with van der Waals surface area (Å²) in [5.41, 5.74) is 7.77. The van der Waals surface area contributed by atoms with E-state index < -0.39 is 6.04 Å². The van der Waals surface area contributed by atoms with Crippen molar-refractivity contribution in [2.24, 2.45) is 5.73 Å². The van der Waals surface area contributed by atoms with E-state index in [0.29, 0.717) is 15.8 Å². The Morgan fingerprint density at radius 2 is 1.85 bits per heavy atom. The zero-order chi connectivity index (χ0) is 14.3. The summed E-state index contributed by atoms with van der Waals surface area (Å²) < 4.78 is 6.73. The molecule has 0 aliphatic rings. The number of halogens is 3. The van der Waals surface area contributed by atoms with Gasteiger partial charge in [-0.2, -0.15) is 0 Å². The van der Waals surface area contributed by atoms with Gasteiger partial charge in [0.15, 0.2) is 0 Å². The molecule has 0 saturated heterocycles. The van der Waals surface area contributed by atoms with Crippen LogP contribution in [0.1, 0.15) is 17.4 Å². The highest BCUT2D eigenvalue weighted by molar-refractivity contribution is 9.10. The molecule has 2 N–H and O–H groups in total. The molecule has 3 rings (SSSR count). The van der Waals surface area contributed by atoms with E-state index >= 15 is 0 Å². The molecule has 0 fully saturated rings. The first-order valence-electron chi connectivity index (χ1n) is 5.95. The van der Waals surface area contributed by atoms with Gasteiger partial charge >= 0.3 is 0 Å². The molecule has 102 valence electrons. The Labute approximate surface area is 134 Å². The van der Waals surface area contributed by atoms with Crippen molar-refractivity contribution in [2.75, 3.05) is 0 Å². The van der Waals surface area contributed by atoms with Crippen molar-refractivity contribution in [3.63, 3.8) is 0 Å². The molecule has 2 aromatic carbocycles. The van der Waals surface area contributed by atoms with Crippen molar-refractivity contribution >= 4 is 50.1 Å². The average Bonchev–Trinajstić information content (AvgIpc) is 2.87. The fraction of sp³-hybridized carbons (Fsp3) is 0.0667. The number of fused-ring (bicyclic) bond motifs is 1. The summed E-state index contributed by atoms with van der Waals surface area (Å²) in [4.78, 5) is 0. The second-order valence-corrected chi connectivity index (χ2v) is 6.07. The third-order valence-corrected chi connectivity index (χ3v) is 4.60. The molecule has 1 unspecified atom stereocenters. The van der Waals surface area contributed by atoms with Gasteiger partial charge in [0.25, 0.3) is 0 Å². The Balaban J connectivity index is 2.10. The Morgan fingerprint density at radius 3 is 2.60 bits per heavy atom. The van der Waals surface area contributed by atoms with Crippen molar-refractivity contribution in [1.29, 1.82) is 0 Å². The molecule has 0 spiro atoms. The quantitative estimate of drug-likeness (QED) is 0.642. The van der Waals surface area contributed by atoms with Gasteiger partial charge in [-0.15, -0.1) is 0 Å². The highest BCUT2D eigenvalue weighted by Crippen LogP contribution is 2.35. The normalized spacial score (nSPS) is 12.8. The molecule has 2 nitrogen and oxygen atoms in total. The molecule has 0 radical (unpaired) electrons. The number of furan rings is 1. The highest BCUT2D eigenvalue weighted by Gasteiger charge is 2.18. The van der Waals surface area contributed by atoms with Gasteiger partial charge < -0.3 is 10.2 Å². The Kier molecular flexibility index (Phi) is 3.78. The van der Waals surface area contributed by atoms with E-state index in [2.05, 4.69) is 15.9 Å². The monoisotopic (exact) mass is 369 g/mol. The fourth-order valence-corrected chi connectivity index (χ4v) is 3.00. The van der Waals surface area contributed by atoms with Crippen molar-refractivity contribution in [1.82, 2.24) is 0 Å². The molecule has 0 saturated carbocycles. The van der Waals surface area contributed by atoms with Gasteiger partial charge in [0, 0.05) is 5.39 Å². The highest BCUT2D eigenvalue weighted by atomic mass is 79.9. The number of hydrogen-bond donors (Lipinski definition) is 1. The smallest absolute Gasteiger partial charge is 0.148 e. The van der Waals surface area contributed by atoms with Gasteiger partial charge in [0.2, 0.25) is 0 Å². The van der Waals surface area contributed by atoms with Crippen molar-refractivity contribution in [2.45, 2.75) is 6.04 Å². The second-order valence-electron chi connectivity index (χ2n) is 4.43. The van der Waals surface area contributed by atoms with Crippen LogP contribution in [0.2, 0.25) is 10.0 Å². The first kappa shape index (κ1) is 14.0. The number of nitrogens with two attached hydrogens (primary N) is 1. The van der Waals surface area contributed by atoms with Crippen molar-refractivity contribution < 1.29 is 4.42 Å². The van der Waals surface area contributed by atoms with Crippen LogP contribution in [0.4, 0.5) is 0 Å². The first-order valence-corrected chi connectivity index (χ1v) is 7.50. The topological polar surface area (TPSA) is 39.2 Å². The van der Waals surface area contributed by atoms with E-state index in [1.165, 1.54) is 0 Å². The lowest BCUT2D eigenvalue weighted by Crippen LogP contribution is -2.11. The zero-order valence-electron chi connectivity index (χ0n) is 10.2. The van der Waals surface area contributed by atoms with Crippen molar-refractivity contribution in [3.05, 3.63) is 68.3 Å². The Morgan fingerprint density at radius 1 is 1.10 bits per heavy atom. The lowest BCUT2D eigenvalue weighted by atomic mass is 10.1. The van der Waals surface area contributed by atoms with E-state index in [1.54, 1.807) is 6.07 Å². The summed E-state index contributed by atoms with van der Waals surface area (Å²) in [6.45, 7) is 0. The van der Waals surface area contributed by atoms with E-state index in [-0.39, 0.29) is 0 Å². The molecular formula is C15H10BrCl2NO. The van der Waals surface area contributed by atoms with Crippen LogP contribution in [0.5, 0.6) is 0 Å². The maximum Gasteiger partial charge on any atom is 0.148 e. The third kappa shape index (κ3) is 2.35. The van der Waals surface area contributed by atoms with Crippen LogP contribution >= 0.6 is 39.1 Å². The molecule has 0 amide bonds. The SMILES string of the molecule is NC(c1cc2cccc(Br)c2o1)c1cccc(Cl)c1Cl. The minimum atomic E-state index is -0.458. The maximum atomic E-state index is 6.25. The minimum Gasteiger partial charge on any atom is -0.458 e. The Hall–Kier alpha value is -1.000. The number of para-hydroxylation sites is 1. The van der Waals surface area contributed by atoms with Gasteiger partial charge in [0.1, 0.15) is 11.3 Å². The second kappa shape index (κ2) is 5.41. The van der Waals surface area contributed by atoms with Crippen LogP contribution < -0.4 is 5.73 Å². The summed E-state index contributed by atoms with van der Waals surface area (Å²) in [5, 5.41) is 1.93. The summed E-state index contributed by atoms with van der Waals surface area (Å²) in [6, 6.07) is 12.7. The molecule has 0 bridgehead atoms. The van der Waals surface area contributed by atoms with E-state index in [9.17, 15) is 0 Å². The lowest BCUT2D eigenvalue weighted by Gasteiger charge is -2.11. The summed E-state index contributed by atoms with van der Waals surface area (Å²) in [7, 11) is 0. The molecule has 5 heteroatoms. The van der Waals surface area contributed by atoms with Crippen LogP contribution in [0, 0.1) is 0 Å². The third-order valence-electron chi connectivity index (χ3n) is 3.14. The van der Waals surface area contributed by atoms with Gasteiger partial charge in [-0.25, -0.2) is 0 Å². The number of hydrogen-bond acceptors (Lipinski definition) is 2. The minimum absolute atomic E-state index is 0.458. The molecule has 3 aromatic rings. The maximum absolute atomic E-state index is 6.25. The molecule has 1 heterocycles. The van der Waals surface area contributed by atoms with Gasteiger partial charge in [0.05, 0.1) is 20.6 Å². The predicted octanol–water partition coefficient (Wildman–Crippen LogP) is 5.55. The summed E-state index contributed by atoms with van der Waals surface area (Å²) in [5.74, 6) is 0.649. The molecule has 1 atom stereocenters. The molecule has 0 aliphatic carbocycles. The molecule has 20 heavy (non-hydrogen) atoms. The van der Waals surface area contributed by atoms with E-state index in [4.69, 9.17) is 33.4 Å². The molecular weight excluding hydrogens is 361 g/mol. The van der Waals surface area contributed by atoms with Crippen LogP contribution in [0.25, 0.3) is 11.0 Å². The lowest BCUT2D eigenvalue weighted by molar-refractivity contribution is 0.524. The molecule has 1 aromatic heterocycles. The van der Waals surface area contributed by atoms with E-state index in [0.717, 1.165) is 21.0 Å². The average molecular weight is 371 g/mol.